The van der Waals surface area contributed by atoms with Crippen LogP contribution in [-0.2, 0) is 9.31 Å². The quantitative estimate of drug-likeness (QED) is 0.537. The summed E-state index contributed by atoms with van der Waals surface area (Å²) < 4.78 is 47.3. The minimum atomic E-state index is -1.09. The second-order valence-electron chi connectivity index (χ2n) is 4.75. The first kappa shape index (κ1) is 8.20. The van der Waals surface area contributed by atoms with Crippen LogP contribution < -0.4 is 5.59 Å². The minimum absolute atomic E-state index is 0.0999. The number of rotatable bonds is 1. The topological polar surface area (TPSA) is 31.4 Å². The van der Waals surface area contributed by atoms with Gasteiger partial charge in [0.15, 0.2) is 0 Å². The van der Waals surface area contributed by atoms with Gasteiger partial charge in [0, 0.05) is 0 Å². The molecule has 0 amide bonds. The van der Waals surface area contributed by atoms with E-state index in [0.29, 0.717) is 0 Å². The van der Waals surface area contributed by atoms with E-state index in [1.165, 1.54) is 0 Å². The molecule has 0 N–H and O–H groups in total. The van der Waals surface area contributed by atoms with Crippen molar-refractivity contribution >= 4 is 12.7 Å². The van der Waals surface area contributed by atoms with Crippen LogP contribution in [0, 0.1) is 5.95 Å². The van der Waals surface area contributed by atoms with E-state index in [2.05, 4.69) is 4.98 Å². The molecule has 0 unspecified atom stereocenters. The molecular formula is C11H15BFNO2. The Kier molecular flexibility index (Phi) is 1.81. The molecule has 1 aliphatic heterocycles. The van der Waals surface area contributed by atoms with Gasteiger partial charge in [-0.05, 0) is 39.8 Å². The lowest BCUT2D eigenvalue weighted by Crippen LogP contribution is -2.41. The number of hydrogen-bond donors (Lipinski definition) is 0. The van der Waals surface area contributed by atoms with Gasteiger partial charge in [-0.25, -0.2) is 4.98 Å². The minimum Gasteiger partial charge on any atom is -0.398 e. The van der Waals surface area contributed by atoms with Crippen LogP contribution in [0.4, 0.5) is 4.39 Å². The van der Waals surface area contributed by atoms with Crippen molar-refractivity contribution < 1.29 is 17.8 Å². The Labute approximate surface area is 99.3 Å². The van der Waals surface area contributed by atoms with Crippen LogP contribution >= 0.6 is 0 Å². The van der Waals surface area contributed by atoms with Crippen molar-refractivity contribution in [1.29, 1.82) is 0 Å². The normalized spacial score (nSPS) is 25.1. The van der Waals surface area contributed by atoms with Crippen LogP contribution in [0.2, 0.25) is 0 Å². The van der Waals surface area contributed by atoms with Gasteiger partial charge in [0.2, 0.25) is 5.95 Å². The van der Waals surface area contributed by atoms with Crippen molar-refractivity contribution in [1.82, 2.24) is 4.98 Å². The van der Waals surface area contributed by atoms with Gasteiger partial charge >= 0.3 is 7.12 Å². The van der Waals surface area contributed by atoms with Gasteiger partial charge in [0.25, 0.3) is 0 Å². The number of nitrogens with zero attached hydrogens (tertiary/aromatic N) is 1. The largest absolute Gasteiger partial charge is 0.514 e. The van der Waals surface area contributed by atoms with Crippen LogP contribution in [0.25, 0.3) is 0 Å². The molecule has 2 heterocycles. The highest BCUT2D eigenvalue weighted by Crippen LogP contribution is 2.36. The maximum absolute atomic E-state index is 13.4. The molecule has 1 aliphatic rings. The Balaban J connectivity index is 2.46. The van der Waals surface area contributed by atoms with Gasteiger partial charge in [0.05, 0.1) is 20.9 Å². The van der Waals surface area contributed by atoms with E-state index in [1.54, 1.807) is 0 Å². The van der Waals surface area contributed by atoms with Gasteiger partial charge < -0.3 is 9.31 Å². The molecule has 0 radical (unpaired) electrons. The Morgan fingerprint density at radius 3 is 2.38 bits per heavy atom. The summed E-state index contributed by atoms with van der Waals surface area (Å²) in [7, 11) is -1.00. The second-order valence-corrected chi connectivity index (χ2v) is 4.75. The zero-order valence-corrected chi connectivity index (χ0v) is 9.72. The van der Waals surface area contributed by atoms with Gasteiger partial charge in [0.1, 0.15) is 0 Å². The molecule has 3 nitrogen and oxygen atoms in total. The van der Waals surface area contributed by atoms with Crippen molar-refractivity contribution in [3.05, 3.63) is 24.1 Å². The molecule has 5 heteroatoms. The van der Waals surface area contributed by atoms with Crippen molar-refractivity contribution in [2.75, 3.05) is 0 Å². The molecule has 1 saturated heterocycles. The van der Waals surface area contributed by atoms with Gasteiger partial charge in [-0.3, -0.25) is 0 Å². The van der Waals surface area contributed by atoms with Crippen molar-refractivity contribution in [3.63, 3.8) is 0 Å². The van der Waals surface area contributed by atoms with E-state index in [9.17, 15) is 4.39 Å². The monoisotopic (exact) mass is 226 g/mol. The highest BCUT2D eigenvalue weighted by atomic mass is 19.1. The molecule has 0 bridgehead atoms. The number of halogens is 1. The molecule has 0 saturated carbocycles. The predicted molar refractivity (Wildman–Crippen MR) is 59.9 cm³/mol. The summed E-state index contributed by atoms with van der Waals surface area (Å²) in [4.78, 5) is 3.53. The first-order valence-electron chi connectivity index (χ1n) is 6.55. The summed E-state index contributed by atoms with van der Waals surface area (Å²) in [5, 5.41) is 0. The standard InChI is InChI=1S/C11H15BFNO2/c1-10(2)11(3,4)16-12(15-10)8-6-5-7-9(13)14-8/h5-7H,1-4H3/i5D,6D,7D. The molecule has 86 valence electrons. The fourth-order valence-electron chi connectivity index (χ4n) is 1.37. The summed E-state index contributed by atoms with van der Waals surface area (Å²) in [6.07, 6.45) is 0. The lowest BCUT2D eigenvalue weighted by atomic mass is 9.84. The second kappa shape index (κ2) is 3.53. The van der Waals surface area contributed by atoms with Crippen LogP contribution in [0.3, 0.4) is 0 Å². The van der Waals surface area contributed by atoms with Gasteiger partial charge in [-0.15, -0.1) is 0 Å². The number of aromatic nitrogens is 1. The van der Waals surface area contributed by atoms with Crippen LogP contribution in [0.1, 0.15) is 31.8 Å². The molecule has 2 rings (SSSR count). The van der Waals surface area contributed by atoms with Crippen LogP contribution in [-0.4, -0.2) is 23.3 Å². The summed E-state index contributed by atoms with van der Waals surface area (Å²) >= 11 is 0. The average Bonchev–Trinajstić information content (AvgIpc) is 2.50. The van der Waals surface area contributed by atoms with Gasteiger partial charge in [-0.2, -0.15) is 4.39 Å². The molecule has 0 atom stereocenters. The number of pyridine rings is 1. The molecule has 0 aliphatic carbocycles. The Morgan fingerprint density at radius 2 is 1.81 bits per heavy atom. The van der Waals surface area contributed by atoms with Crippen LogP contribution in [0.15, 0.2) is 18.1 Å². The van der Waals surface area contributed by atoms with Gasteiger partial charge in [-0.1, -0.05) is 6.04 Å². The van der Waals surface area contributed by atoms with E-state index < -0.39 is 36.4 Å². The fourth-order valence-corrected chi connectivity index (χ4v) is 1.37. The van der Waals surface area contributed by atoms with E-state index in [0.717, 1.165) is 0 Å². The Bertz CT molecular complexity index is 523. The van der Waals surface area contributed by atoms with E-state index in [4.69, 9.17) is 13.4 Å². The summed E-state index contributed by atoms with van der Waals surface area (Å²) in [6, 6.07) is -1.55. The van der Waals surface area contributed by atoms with E-state index in [-0.39, 0.29) is 11.6 Å². The zero-order valence-electron chi connectivity index (χ0n) is 12.7. The van der Waals surface area contributed by atoms with Crippen molar-refractivity contribution in [3.8, 4) is 0 Å². The van der Waals surface area contributed by atoms with E-state index >= 15 is 0 Å². The molecular weight excluding hydrogens is 208 g/mol. The lowest BCUT2D eigenvalue weighted by molar-refractivity contribution is 0.00578. The molecule has 16 heavy (non-hydrogen) atoms. The maximum Gasteiger partial charge on any atom is 0.514 e. The maximum atomic E-state index is 13.4. The van der Waals surface area contributed by atoms with Crippen molar-refractivity contribution in [2.45, 2.75) is 38.9 Å². The third kappa shape index (κ3) is 1.85. The van der Waals surface area contributed by atoms with E-state index in [1.807, 2.05) is 27.7 Å². The summed E-state index contributed by atoms with van der Waals surface area (Å²) in [5.74, 6) is -1.09. The highest BCUT2D eigenvalue weighted by molar-refractivity contribution is 6.61. The summed E-state index contributed by atoms with van der Waals surface area (Å²) in [6.45, 7) is 7.31. The third-order valence-electron chi connectivity index (χ3n) is 3.05. The smallest absolute Gasteiger partial charge is 0.398 e. The lowest BCUT2D eigenvalue weighted by Gasteiger charge is -2.32. The molecule has 1 fully saturated rings. The molecule has 0 aromatic carbocycles. The molecule has 1 aromatic heterocycles. The van der Waals surface area contributed by atoms with Crippen LogP contribution in [0.5, 0.6) is 0 Å². The van der Waals surface area contributed by atoms with Crippen molar-refractivity contribution in [2.24, 2.45) is 0 Å². The highest BCUT2D eigenvalue weighted by Gasteiger charge is 2.52. The SMILES string of the molecule is [2H]c1c(F)nc(B2OC(C)(C)C(C)(C)O2)c([2H])c1[2H]. The molecule has 1 aromatic rings. The third-order valence-corrected chi connectivity index (χ3v) is 3.05. The predicted octanol–water partition coefficient (Wildman–Crippen LogP) is 1.52. The number of hydrogen-bond acceptors (Lipinski definition) is 3. The first-order chi connectivity index (χ1) is 8.57. The Hall–Kier alpha value is -0.935. The molecule has 0 spiro atoms. The fraction of sp³-hybridized carbons (Fsp3) is 0.545. The Morgan fingerprint density at radius 1 is 1.25 bits per heavy atom. The summed E-state index contributed by atoms with van der Waals surface area (Å²) in [5.41, 5.74) is -1.37. The average molecular weight is 226 g/mol. The zero-order chi connectivity index (χ0) is 14.6. The first-order valence-corrected chi connectivity index (χ1v) is 5.05.